The van der Waals surface area contributed by atoms with Crippen LogP contribution in [0.5, 0.6) is 0 Å². The molecular formula is C15H18BrN3S. The molecule has 0 bridgehead atoms. The van der Waals surface area contributed by atoms with Crippen LogP contribution in [0.15, 0.2) is 40.4 Å². The van der Waals surface area contributed by atoms with Gasteiger partial charge in [-0.2, -0.15) is 0 Å². The molecule has 5 heteroatoms. The summed E-state index contributed by atoms with van der Waals surface area (Å²) < 4.78 is 1.21. The quantitative estimate of drug-likeness (QED) is 0.910. The molecule has 3 heterocycles. The van der Waals surface area contributed by atoms with Gasteiger partial charge in [0.1, 0.15) is 0 Å². The van der Waals surface area contributed by atoms with Gasteiger partial charge in [0, 0.05) is 48.6 Å². The highest BCUT2D eigenvalue weighted by atomic mass is 79.9. The van der Waals surface area contributed by atoms with Crippen molar-refractivity contribution in [3.8, 4) is 0 Å². The highest BCUT2D eigenvalue weighted by molar-refractivity contribution is 9.11. The maximum absolute atomic E-state index is 4.08. The van der Waals surface area contributed by atoms with Gasteiger partial charge in [-0.15, -0.1) is 11.3 Å². The first-order chi connectivity index (χ1) is 9.81. The Kier molecular flexibility index (Phi) is 4.70. The van der Waals surface area contributed by atoms with Gasteiger partial charge >= 0.3 is 0 Å². The van der Waals surface area contributed by atoms with E-state index < -0.39 is 0 Å². The normalized spacial score (nSPS) is 16.6. The number of piperidine rings is 1. The number of anilines is 1. The van der Waals surface area contributed by atoms with Crippen LogP contribution >= 0.6 is 27.3 Å². The second-order valence-electron chi connectivity index (χ2n) is 5.05. The van der Waals surface area contributed by atoms with E-state index in [9.17, 15) is 0 Å². The lowest BCUT2D eigenvalue weighted by molar-refractivity contribution is 0.415. The summed E-state index contributed by atoms with van der Waals surface area (Å²) in [6, 6.07) is 9.13. The van der Waals surface area contributed by atoms with E-state index in [-0.39, 0.29) is 0 Å². The molecule has 0 saturated carbocycles. The number of rotatable bonds is 4. The van der Waals surface area contributed by atoms with E-state index in [2.05, 4.69) is 55.4 Å². The lowest BCUT2D eigenvalue weighted by atomic mass is 10.0. The lowest BCUT2D eigenvalue weighted by Gasteiger charge is -2.34. The number of hydrogen-bond acceptors (Lipinski definition) is 4. The Balaban J connectivity index is 1.47. The third kappa shape index (κ3) is 3.59. The molecule has 2 aromatic rings. The summed E-state index contributed by atoms with van der Waals surface area (Å²) in [4.78, 5) is 7.92. The first-order valence-electron chi connectivity index (χ1n) is 6.94. The average Bonchev–Trinajstić information content (AvgIpc) is 2.92. The second-order valence-corrected chi connectivity index (χ2v) is 7.60. The van der Waals surface area contributed by atoms with E-state index in [1.54, 1.807) is 0 Å². The Hall–Kier alpha value is -0.910. The molecule has 3 nitrogen and oxygen atoms in total. The van der Waals surface area contributed by atoms with E-state index in [1.807, 2.05) is 23.7 Å². The van der Waals surface area contributed by atoms with Gasteiger partial charge in [-0.3, -0.25) is 4.98 Å². The van der Waals surface area contributed by atoms with E-state index in [1.165, 1.54) is 27.2 Å². The minimum absolute atomic E-state index is 0.633. The van der Waals surface area contributed by atoms with Gasteiger partial charge in [0.15, 0.2) is 0 Å². The van der Waals surface area contributed by atoms with E-state index in [0.717, 1.165) is 19.6 Å². The highest BCUT2D eigenvalue weighted by Gasteiger charge is 2.18. The van der Waals surface area contributed by atoms with E-state index in [0.29, 0.717) is 6.04 Å². The summed E-state index contributed by atoms with van der Waals surface area (Å²) in [6.45, 7) is 3.22. The Morgan fingerprint density at radius 3 is 2.60 bits per heavy atom. The molecule has 1 aliphatic rings. The molecule has 0 unspecified atom stereocenters. The van der Waals surface area contributed by atoms with Crippen molar-refractivity contribution in [3.63, 3.8) is 0 Å². The molecule has 0 atom stereocenters. The summed E-state index contributed by atoms with van der Waals surface area (Å²) in [5.41, 5.74) is 1.29. The maximum Gasteiger partial charge on any atom is 0.0701 e. The van der Waals surface area contributed by atoms with Gasteiger partial charge < -0.3 is 10.2 Å². The third-order valence-corrected chi connectivity index (χ3v) is 5.34. The van der Waals surface area contributed by atoms with Crippen LogP contribution in [0.3, 0.4) is 0 Å². The predicted molar refractivity (Wildman–Crippen MR) is 88.3 cm³/mol. The number of thiophene rings is 1. The molecule has 2 aromatic heterocycles. The summed E-state index contributed by atoms with van der Waals surface area (Å²) in [7, 11) is 0. The van der Waals surface area contributed by atoms with Crippen LogP contribution in [0.25, 0.3) is 0 Å². The molecule has 20 heavy (non-hydrogen) atoms. The molecule has 106 valence electrons. The van der Waals surface area contributed by atoms with Crippen LogP contribution in [-0.2, 0) is 6.54 Å². The van der Waals surface area contributed by atoms with Crippen LogP contribution < -0.4 is 10.2 Å². The molecule has 0 spiro atoms. The monoisotopic (exact) mass is 351 g/mol. The zero-order valence-electron chi connectivity index (χ0n) is 11.3. The van der Waals surface area contributed by atoms with E-state index in [4.69, 9.17) is 0 Å². The summed E-state index contributed by atoms with van der Waals surface area (Å²) in [5.74, 6) is 0. The number of halogens is 1. The SMILES string of the molecule is Brc1ccc(CNC2CCN(c3ccncc3)CC2)s1. The van der Waals surface area contributed by atoms with Crippen molar-refractivity contribution in [2.75, 3.05) is 18.0 Å². The van der Waals surface area contributed by atoms with Gasteiger partial charge in [0.25, 0.3) is 0 Å². The summed E-state index contributed by atoms with van der Waals surface area (Å²) in [6.07, 6.45) is 6.15. The van der Waals surface area contributed by atoms with Gasteiger partial charge in [-0.05, 0) is 53.0 Å². The van der Waals surface area contributed by atoms with Crippen molar-refractivity contribution < 1.29 is 0 Å². The first-order valence-corrected chi connectivity index (χ1v) is 8.55. The Labute approximate surface area is 132 Å². The number of hydrogen-bond donors (Lipinski definition) is 1. The smallest absolute Gasteiger partial charge is 0.0701 e. The van der Waals surface area contributed by atoms with Crippen molar-refractivity contribution in [1.82, 2.24) is 10.3 Å². The van der Waals surface area contributed by atoms with Crippen molar-refractivity contribution in [2.45, 2.75) is 25.4 Å². The molecule has 1 N–H and O–H groups in total. The van der Waals surface area contributed by atoms with Gasteiger partial charge in [0.05, 0.1) is 3.79 Å². The maximum atomic E-state index is 4.08. The Bertz CT molecular complexity index is 535. The fourth-order valence-electron chi connectivity index (χ4n) is 2.59. The lowest BCUT2D eigenvalue weighted by Crippen LogP contribution is -2.42. The molecule has 1 aliphatic heterocycles. The number of nitrogens with one attached hydrogen (secondary N) is 1. The molecule has 0 amide bonds. The summed E-state index contributed by atoms with van der Waals surface area (Å²) >= 11 is 5.32. The molecule has 3 rings (SSSR count). The molecule has 0 aliphatic carbocycles. The highest BCUT2D eigenvalue weighted by Crippen LogP contribution is 2.23. The van der Waals surface area contributed by atoms with Crippen molar-refractivity contribution in [3.05, 3.63) is 45.3 Å². The zero-order chi connectivity index (χ0) is 13.8. The fourth-order valence-corrected chi connectivity index (χ4v) is 4.02. The van der Waals surface area contributed by atoms with Crippen molar-refractivity contribution in [2.24, 2.45) is 0 Å². The van der Waals surface area contributed by atoms with Crippen LogP contribution in [0.1, 0.15) is 17.7 Å². The Morgan fingerprint density at radius 1 is 1.20 bits per heavy atom. The van der Waals surface area contributed by atoms with Crippen LogP contribution in [0.4, 0.5) is 5.69 Å². The molecule has 0 radical (unpaired) electrons. The van der Waals surface area contributed by atoms with Gasteiger partial charge in [0.2, 0.25) is 0 Å². The van der Waals surface area contributed by atoms with Gasteiger partial charge in [-0.25, -0.2) is 0 Å². The van der Waals surface area contributed by atoms with Crippen LogP contribution in [-0.4, -0.2) is 24.1 Å². The van der Waals surface area contributed by atoms with Crippen LogP contribution in [0, 0.1) is 0 Å². The Morgan fingerprint density at radius 2 is 1.95 bits per heavy atom. The largest absolute Gasteiger partial charge is 0.371 e. The fraction of sp³-hybridized carbons (Fsp3) is 0.400. The zero-order valence-corrected chi connectivity index (χ0v) is 13.7. The third-order valence-electron chi connectivity index (χ3n) is 3.72. The molecule has 0 aromatic carbocycles. The first kappa shape index (κ1) is 14.0. The standard InChI is InChI=1S/C15H18BrN3S/c16-15-2-1-14(20-15)11-18-12-5-9-19(10-6-12)13-3-7-17-8-4-13/h1-4,7-8,12,18H,5-6,9-11H2. The number of nitrogens with zero attached hydrogens (tertiary/aromatic N) is 2. The van der Waals surface area contributed by atoms with Crippen LogP contribution in [0.2, 0.25) is 0 Å². The van der Waals surface area contributed by atoms with Crippen molar-refractivity contribution >= 4 is 33.0 Å². The predicted octanol–water partition coefficient (Wildman–Crippen LogP) is 3.66. The summed E-state index contributed by atoms with van der Waals surface area (Å²) in [5, 5.41) is 3.67. The number of aromatic nitrogens is 1. The molecule has 1 saturated heterocycles. The van der Waals surface area contributed by atoms with Gasteiger partial charge in [-0.1, -0.05) is 0 Å². The molecule has 1 fully saturated rings. The van der Waals surface area contributed by atoms with Crippen molar-refractivity contribution in [1.29, 1.82) is 0 Å². The topological polar surface area (TPSA) is 28.2 Å². The minimum atomic E-state index is 0.633. The number of pyridine rings is 1. The second kappa shape index (κ2) is 6.70. The molecular weight excluding hydrogens is 334 g/mol. The van der Waals surface area contributed by atoms with E-state index >= 15 is 0 Å². The average molecular weight is 352 g/mol. The minimum Gasteiger partial charge on any atom is -0.371 e.